The molecule has 0 bridgehead atoms. The number of methoxy groups -OCH3 is 1. The monoisotopic (exact) mass is 398 g/mol. The van der Waals surface area contributed by atoms with Crippen LogP contribution >= 0.6 is 12.2 Å². The molecule has 0 aromatic heterocycles. The minimum atomic E-state index is -0.552. The van der Waals surface area contributed by atoms with E-state index in [9.17, 15) is 14.9 Å². The van der Waals surface area contributed by atoms with Crippen molar-refractivity contribution in [3.05, 3.63) is 75.5 Å². The van der Waals surface area contributed by atoms with Gasteiger partial charge in [0, 0.05) is 17.8 Å². The summed E-state index contributed by atoms with van der Waals surface area (Å²) in [5.74, 6) is 0.195. The van der Waals surface area contributed by atoms with Crippen LogP contribution in [0, 0.1) is 10.1 Å². The van der Waals surface area contributed by atoms with Crippen molar-refractivity contribution in [2.75, 3.05) is 12.4 Å². The molecule has 0 saturated carbocycles. The molecule has 2 aromatic rings. The molecule has 0 saturated heterocycles. The number of allylic oxidation sites excluding steroid dienone is 1. The van der Waals surface area contributed by atoms with Gasteiger partial charge in [0.1, 0.15) is 5.75 Å². The Bertz CT molecular complexity index is 972. The van der Waals surface area contributed by atoms with Crippen LogP contribution in [0.25, 0.3) is 0 Å². The minimum absolute atomic E-state index is 0.0269. The zero-order valence-electron chi connectivity index (χ0n) is 15.2. The minimum Gasteiger partial charge on any atom is -0.495 e. The second-order valence-corrected chi connectivity index (χ2v) is 6.48. The number of ether oxygens (including phenoxy) is 1. The van der Waals surface area contributed by atoms with Crippen LogP contribution in [0.15, 0.2) is 59.8 Å². The molecule has 9 heteroatoms. The molecule has 2 aromatic carbocycles. The van der Waals surface area contributed by atoms with Crippen LogP contribution in [-0.2, 0) is 4.79 Å². The lowest BCUT2D eigenvalue weighted by atomic mass is 9.94. The van der Waals surface area contributed by atoms with Gasteiger partial charge in [-0.25, -0.2) is 0 Å². The summed E-state index contributed by atoms with van der Waals surface area (Å²) in [6, 6.07) is 12.5. The van der Waals surface area contributed by atoms with Crippen molar-refractivity contribution in [1.82, 2.24) is 10.6 Å². The summed E-state index contributed by atoms with van der Waals surface area (Å²) in [6.45, 7) is 1.75. The third-order valence-electron chi connectivity index (χ3n) is 4.31. The third kappa shape index (κ3) is 3.94. The average Bonchev–Trinajstić information content (AvgIpc) is 2.67. The molecule has 0 fully saturated rings. The lowest BCUT2D eigenvalue weighted by Gasteiger charge is -2.30. The number of rotatable bonds is 5. The summed E-state index contributed by atoms with van der Waals surface area (Å²) in [5, 5.41) is 20.1. The van der Waals surface area contributed by atoms with Gasteiger partial charge in [0.25, 0.3) is 11.6 Å². The van der Waals surface area contributed by atoms with Gasteiger partial charge in [-0.05, 0) is 49.0 Å². The first kappa shape index (κ1) is 19.3. The van der Waals surface area contributed by atoms with Crippen LogP contribution < -0.4 is 20.7 Å². The van der Waals surface area contributed by atoms with Gasteiger partial charge in [0.05, 0.1) is 29.3 Å². The highest BCUT2D eigenvalue weighted by Gasteiger charge is 2.30. The van der Waals surface area contributed by atoms with Crippen LogP contribution in [0.4, 0.5) is 11.4 Å². The van der Waals surface area contributed by atoms with Gasteiger partial charge in [-0.3, -0.25) is 14.9 Å². The van der Waals surface area contributed by atoms with Gasteiger partial charge in [0.15, 0.2) is 5.11 Å². The Morgan fingerprint density at radius 3 is 2.54 bits per heavy atom. The molecule has 28 heavy (non-hydrogen) atoms. The molecule has 0 aliphatic carbocycles. The fourth-order valence-corrected chi connectivity index (χ4v) is 3.24. The van der Waals surface area contributed by atoms with Crippen LogP contribution in [-0.4, -0.2) is 23.1 Å². The Hall–Kier alpha value is -3.46. The third-order valence-corrected chi connectivity index (χ3v) is 4.53. The van der Waals surface area contributed by atoms with E-state index < -0.39 is 11.0 Å². The molecule has 3 N–H and O–H groups in total. The van der Waals surface area contributed by atoms with Crippen molar-refractivity contribution in [3.63, 3.8) is 0 Å². The summed E-state index contributed by atoms with van der Waals surface area (Å²) in [5.41, 5.74) is 2.21. The number of para-hydroxylation sites is 2. The Morgan fingerprint density at radius 1 is 1.21 bits per heavy atom. The fourth-order valence-electron chi connectivity index (χ4n) is 2.97. The maximum absolute atomic E-state index is 13.1. The van der Waals surface area contributed by atoms with Gasteiger partial charge in [-0.1, -0.05) is 12.1 Å². The smallest absolute Gasteiger partial charge is 0.269 e. The molecule has 0 spiro atoms. The first-order chi connectivity index (χ1) is 13.4. The molecule has 1 amide bonds. The van der Waals surface area contributed by atoms with E-state index in [0.29, 0.717) is 33.4 Å². The van der Waals surface area contributed by atoms with Gasteiger partial charge in [0.2, 0.25) is 0 Å². The number of hydrogen-bond donors (Lipinski definition) is 3. The molecule has 1 aliphatic heterocycles. The van der Waals surface area contributed by atoms with E-state index >= 15 is 0 Å². The van der Waals surface area contributed by atoms with Crippen molar-refractivity contribution in [2.24, 2.45) is 0 Å². The molecule has 0 unspecified atom stereocenters. The topological polar surface area (TPSA) is 106 Å². The molecule has 1 heterocycles. The number of carbonyl (C=O) groups is 1. The number of anilines is 1. The van der Waals surface area contributed by atoms with E-state index in [4.69, 9.17) is 17.0 Å². The Morgan fingerprint density at radius 2 is 1.89 bits per heavy atom. The van der Waals surface area contributed by atoms with Crippen LogP contribution in [0.5, 0.6) is 5.75 Å². The summed E-state index contributed by atoms with van der Waals surface area (Å²) < 4.78 is 5.28. The number of thiocarbonyl (C=S) groups is 1. The van der Waals surface area contributed by atoms with Crippen LogP contribution in [0.1, 0.15) is 18.5 Å². The van der Waals surface area contributed by atoms with E-state index in [1.54, 1.807) is 43.3 Å². The van der Waals surface area contributed by atoms with E-state index in [1.165, 1.54) is 19.2 Å². The normalized spacial score (nSPS) is 16.1. The molecule has 8 nitrogen and oxygen atoms in total. The molecule has 0 radical (unpaired) electrons. The number of carbonyl (C=O) groups excluding carboxylic acids is 1. The number of nitrogens with zero attached hydrogens (tertiary/aromatic N) is 1. The van der Waals surface area contributed by atoms with Crippen molar-refractivity contribution in [1.29, 1.82) is 0 Å². The van der Waals surface area contributed by atoms with Crippen LogP contribution in [0.2, 0.25) is 0 Å². The van der Waals surface area contributed by atoms with Crippen molar-refractivity contribution in [3.8, 4) is 5.75 Å². The second kappa shape index (κ2) is 8.05. The lowest BCUT2D eigenvalue weighted by molar-refractivity contribution is -0.384. The molecule has 3 rings (SSSR count). The Kier molecular flexibility index (Phi) is 5.55. The number of benzene rings is 2. The average molecular weight is 398 g/mol. The summed E-state index contributed by atoms with van der Waals surface area (Å²) >= 11 is 5.22. The molecular formula is C19H18N4O4S. The van der Waals surface area contributed by atoms with E-state index in [2.05, 4.69) is 16.0 Å². The van der Waals surface area contributed by atoms with Gasteiger partial charge >= 0.3 is 0 Å². The lowest BCUT2D eigenvalue weighted by Crippen LogP contribution is -2.45. The van der Waals surface area contributed by atoms with Crippen LogP contribution in [0.3, 0.4) is 0 Å². The summed E-state index contributed by atoms with van der Waals surface area (Å²) in [7, 11) is 1.53. The van der Waals surface area contributed by atoms with Gasteiger partial charge < -0.3 is 20.7 Å². The highest BCUT2D eigenvalue weighted by atomic mass is 32.1. The predicted molar refractivity (Wildman–Crippen MR) is 109 cm³/mol. The fraction of sp³-hybridized carbons (Fsp3) is 0.158. The maximum atomic E-state index is 13.1. The van der Waals surface area contributed by atoms with E-state index in [0.717, 1.165) is 0 Å². The molecular weight excluding hydrogens is 380 g/mol. The zero-order valence-corrected chi connectivity index (χ0v) is 16.0. The highest BCUT2D eigenvalue weighted by Crippen LogP contribution is 2.30. The molecule has 144 valence electrons. The van der Waals surface area contributed by atoms with Crippen molar-refractivity contribution >= 4 is 34.6 Å². The first-order valence-electron chi connectivity index (χ1n) is 8.37. The van der Waals surface area contributed by atoms with Crippen molar-refractivity contribution < 1.29 is 14.5 Å². The number of hydrogen-bond acceptors (Lipinski definition) is 5. The Labute approximate surface area is 166 Å². The number of nitrogens with one attached hydrogen (secondary N) is 3. The van der Waals surface area contributed by atoms with Gasteiger partial charge in [-0.2, -0.15) is 0 Å². The largest absolute Gasteiger partial charge is 0.495 e. The summed E-state index contributed by atoms with van der Waals surface area (Å²) in [4.78, 5) is 23.5. The highest BCUT2D eigenvalue weighted by molar-refractivity contribution is 7.80. The second-order valence-electron chi connectivity index (χ2n) is 6.07. The standard InChI is InChI=1S/C19H18N4O4S/c1-11-16(18(24)21-14-5-3-4-6-15(14)27-2)17(22-19(28)20-11)12-7-9-13(10-8-12)23(25)26/h3-10,17H,1-2H3,(H,21,24)(H2,20,22,28)/t17-/m1/s1. The maximum Gasteiger partial charge on any atom is 0.269 e. The van der Waals surface area contributed by atoms with Gasteiger partial charge in [-0.15, -0.1) is 0 Å². The Balaban J connectivity index is 1.95. The van der Waals surface area contributed by atoms with E-state index in [1.807, 2.05) is 0 Å². The first-order valence-corrected chi connectivity index (χ1v) is 8.78. The molecule has 1 aliphatic rings. The quantitative estimate of drug-likeness (QED) is 0.404. The predicted octanol–water partition coefficient (Wildman–Crippen LogP) is 3.03. The number of non-ortho nitro benzene ring substituents is 1. The SMILES string of the molecule is COc1ccccc1NC(=O)C1=C(C)NC(=S)N[C@@H]1c1ccc([N+](=O)[O-])cc1. The number of amides is 1. The molecule has 1 atom stereocenters. The number of nitro groups is 1. The summed E-state index contributed by atoms with van der Waals surface area (Å²) in [6.07, 6.45) is 0. The number of nitro benzene ring substituents is 1. The van der Waals surface area contributed by atoms with E-state index in [-0.39, 0.29) is 11.6 Å². The van der Waals surface area contributed by atoms with Crippen molar-refractivity contribution in [2.45, 2.75) is 13.0 Å². The zero-order chi connectivity index (χ0) is 20.3.